The van der Waals surface area contributed by atoms with Crippen molar-refractivity contribution in [3.05, 3.63) is 28.5 Å². The van der Waals surface area contributed by atoms with Crippen molar-refractivity contribution < 1.29 is 4.39 Å². The molecule has 2 atom stereocenters. The van der Waals surface area contributed by atoms with E-state index < -0.39 is 0 Å². The first-order chi connectivity index (χ1) is 9.06. The van der Waals surface area contributed by atoms with Crippen molar-refractivity contribution in [3.63, 3.8) is 0 Å². The molecule has 0 unspecified atom stereocenters. The molecule has 2 aromatic rings. The van der Waals surface area contributed by atoms with Crippen LogP contribution in [0.25, 0.3) is 10.2 Å². The number of benzene rings is 1. The summed E-state index contributed by atoms with van der Waals surface area (Å²) >= 11 is 1.55. The van der Waals surface area contributed by atoms with Crippen LogP contribution in [0.15, 0.2) is 12.1 Å². The second-order valence-electron chi connectivity index (χ2n) is 5.48. The van der Waals surface area contributed by atoms with Gasteiger partial charge in [0.1, 0.15) is 5.82 Å². The summed E-state index contributed by atoms with van der Waals surface area (Å²) in [6.07, 6.45) is 2.43. The quantitative estimate of drug-likeness (QED) is 0.814. The molecule has 4 heteroatoms. The molecule has 0 saturated carbocycles. The lowest BCUT2D eigenvalue weighted by Crippen LogP contribution is -2.30. The summed E-state index contributed by atoms with van der Waals surface area (Å²) in [5, 5.41) is 0.994. The number of nitrogens with zero attached hydrogens (tertiary/aromatic N) is 2. The SMILES string of the molecule is Cc1nc2cc([C@H](C)N3CCC[C@@H]3C)c(F)cc2s1. The van der Waals surface area contributed by atoms with Gasteiger partial charge in [-0.1, -0.05) is 0 Å². The Labute approximate surface area is 117 Å². The molecule has 0 amide bonds. The molecule has 1 aliphatic heterocycles. The first-order valence-electron chi connectivity index (χ1n) is 6.88. The third kappa shape index (κ3) is 2.28. The molecule has 0 N–H and O–H groups in total. The van der Waals surface area contributed by atoms with E-state index in [0.29, 0.717) is 6.04 Å². The summed E-state index contributed by atoms with van der Waals surface area (Å²) in [6.45, 7) is 7.36. The molecule has 1 aromatic heterocycles. The van der Waals surface area contributed by atoms with E-state index in [4.69, 9.17) is 0 Å². The normalized spacial score (nSPS) is 22.2. The zero-order valence-electron chi connectivity index (χ0n) is 11.6. The van der Waals surface area contributed by atoms with E-state index in [1.165, 1.54) is 12.8 Å². The van der Waals surface area contributed by atoms with Gasteiger partial charge in [0.25, 0.3) is 0 Å². The van der Waals surface area contributed by atoms with Crippen molar-refractivity contribution in [1.82, 2.24) is 9.88 Å². The van der Waals surface area contributed by atoms with Gasteiger partial charge in [-0.25, -0.2) is 9.37 Å². The molecular formula is C15H19FN2S. The minimum atomic E-state index is -0.0947. The number of hydrogen-bond donors (Lipinski definition) is 0. The van der Waals surface area contributed by atoms with Crippen LogP contribution < -0.4 is 0 Å². The average Bonchev–Trinajstić information content (AvgIpc) is 2.92. The van der Waals surface area contributed by atoms with E-state index in [0.717, 1.165) is 27.3 Å². The second-order valence-corrected chi connectivity index (χ2v) is 6.71. The third-order valence-electron chi connectivity index (χ3n) is 4.17. The molecular weight excluding hydrogens is 259 g/mol. The summed E-state index contributed by atoms with van der Waals surface area (Å²) in [5.41, 5.74) is 1.71. The molecule has 1 aliphatic rings. The van der Waals surface area contributed by atoms with Gasteiger partial charge in [-0.2, -0.15) is 0 Å². The van der Waals surface area contributed by atoms with Crippen molar-refractivity contribution in [2.24, 2.45) is 0 Å². The van der Waals surface area contributed by atoms with Gasteiger partial charge in [-0.05, 0) is 52.3 Å². The number of hydrogen-bond acceptors (Lipinski definition) is 3. The maximum Gasteiger partial charge on any atom is 0.129 e. The average molecular weight is 278 g/mol. The van der Waals surface area contributed by atoms with E-state index in [9.17, 15) is 4.39 Å². The molecule has 2 heterocycles. The van der Waals surface area contributed by atoms with Gasteiger partial charge in [0.15, 0.2) is 0 Å². The Kier molecular flexibility index (Phi) is 3.31. The second kappa shape index (κ2) is 4.84. The Morgan fingerprint density at radius 2 is 2.26 bits per heavy atom. The van der Waals surface area contributed by atoms with Crippen LogP contribution in [-0.4, -0.2) is 22.5 Å². The van der Waals surface area contributed by atoms with E-state index >= 15 is 0 Å². The Balaban J connectivity index is 2.01. The minimum absolute atomic E-state index is 0.0947. The summed E-state index contributed by atoms with van der Waals surface area (Å²) in [5.74, 6) is -0.0947. The van der Waals surface area contributed by atoms with Gasteiger partial charge in [-0.3, -0.25) is 4.90 Å². The zero-order chi connectivity index (χ0) is 13.6. The van der Waals surface area contributed by atoms with Crippen molar-refractivity contribution in [1.29, 1.82) is 0 Å². The summed E-state index contributed by atoms with van der Waals surface area (Å²) in [6, 6.07) is 4.25. The van der Waals surface area contributed by atoms with Crippen LogP contribution >= 0.6 is 11.3 Å². The van der Waals surface area contributed by atoms with Crippen LogP contribution in [0.1, 0.15) is 43.3 Å². The lowest BCUT2D eigenvalue weighted by molar-refractivity contribution is 0.201. The van der Waals surface area contributed by atoms with Crippen LogP contribution in [0.4, 0.5) is 4.39 Å². The van der Waals surface area contributed by atoms with Crippen LogP contribution in [0.5, 0.6) is 0 Å². The monoisotopic (exact) mass is 278 g/mol. The molecule has 0 spiro atoms. The standard InChI is InChI=1S/C15H19FN2S/c1-9-5-4-6-18(9)10(2)12-7-14-15(8-13(12)16)19-11(3)17-14/h7-10H,4-6H2,1-3H3/t9-,10-/m0/s1. The largest absolute Gasteiger partial charge is 0.294 e. The van der Waals surface area contributed by atoms with Gasteiger partial charge in [0.05, 0.1) is 15.2 Å². The maximum atomic E-state index is 14.3. The van der Waals surface area contributed by atoms with Crippen molar-refractivity contribution in [2.75, 3.05) is 6.54 Å². The summed E-state index contributed by atoms with van der Waals surface area (Å²) < 4.78 is 15.3. The molecule has 3 rings (SSSR count). The Morgan fingerprint density at radius 3 is 2.95 bits per heavy atom. The van der Waals surface area contributed by atoms with Crippen molar-refractivity contribution >= 4 is 21.6 Å². The number of thiazole rings is 1. The van der Waals surface area contributed by atoms with E-state index in [-0.39, 0.29) is 11.9 Å². The van der Waals surface area contributed by atoms with Crippen LogP contribution in [0.3, 0.4) is 0 Å². The molecule has 2 nitrogen and oxygen atoms in total. The van der Waals surface area contributed by atoms with Crippen LogP contribution in [-0.2, 0) is 0 Å². The minimum Gasteiger partial charge on any atom is -0.294 e. The predicted octanol–water partition coefficient (Wildman–Crippen LogP) is 4.29. The van der Waals surface area contributed by atoms with E-state index in [2.05, 4.69) is 23.7 Å². The number of aromatic nitrogens is 1. The Bertz CT molecular complexity index is 607. The number of rotatable bonds is 2. The van der Waals surface area contributed by atoms with Crippen LogP contribution in [0.2, 0.25) is 0 Å². The molecule has 1 fully saturated rings. The molecule has 0 radical (unpaired) electrons. The molecule has 19 heavy (non-hydrogen) atoms. The molecule has 0 aliphatic carbocycles. The van der Waals surface area contributed by atoms with Crippen molar-refractivity contribution in [2.45, 2.75) is 45.7 Å². The Hall–Kier alpha value is -1.00. The lowest BCUT2D eigenvalue weighted by Gasteiger charge is -2.29. The first-order valence-corrected chi connectivity index (χ1v) is 7.70. The first kappa shape index (κ1) is 13.0. The fourth-order valence-corrected chi connectivity index (χ4v) is 3.94. The van der Waals surface area contributed by atoms with Crippen LogP contribution in [0, 0.1) is 12.7 Å². The number of likely N-dealkylation sites (tertiary alicyclic amines) is 1. The highest BCUT2D eigenvalue weighted by atomic mass is 32.1. The smallest absolute Gasteiger partial charge is 0.129 e. The van der Waals surface area contributed by atoms with Gasteiger partial charge >= 0.3 is 0 Å². The highest BCUT2D eigenvalue weighted by Gasteiger charge is 2.27. The number of halogens is 1. The van der Waals surface area contributed by atoms with Gasteiger partial charge in [0, 0.05) is 17.6 Å². The summed E-state index contributed by atoms with van der Waals surface area (Å²) in [4.78, 5) is 6.87. The maximum absolute atomic E-state index is 14.3. The number of aryl methyl sites for hydroxylation is 1. The van der Waals surface area contributed by atoms with Crippen molar-refractivity contribution in [3.8, 4) is 0 Å². The van der Waals surface area contributed by atoms with E-state index in [1.54, 1.807) is 17.4 Å². The number of fused-ring (bicyclic) bond motifs is 1. The van der Waals surface area contributed by atoms with Gasteiger partial charge in [-0.15, -0.1) is 11.3 Å². The third-order valence-corrected chi connectivity index (χ3v) is 5.10. The lowest BCUT2D eigenvalue weighted by atomic mass is 10.0. The molecule has 102 valence electrons. The highest BCUT2D eigenvalue weighted by molar-refractivity contribution is 7.18. The highest BCUT2D eigenvalue weighted by Crippen LogP contribution is 2.33. The molecule has 1 aromatic carbocycles. The fraction of sp³-hybridized carbons (Fsp3) is 0.533. The zero-order valence-corrected chi connectivity index (χ0v) is 12.4. The summed E-state index contributed by atoms with van der Waals surface area (Å²) in [7, 11) is 0. The molecule has 0 bridgehead atoms. The topological polar surface area (TPSA) is 16.1 Å². The Morgan fingerprint density at radius 1 is 1.47 bits per heavy atom. The molecule has 1 saturated heterocycles. The predicted molar refractivity (Wildman–Crippen MR) is 78.1 cm³/mol. The van der Waals surface area contributed by atoms with E-state index in [1.807, 2.05) is 13.0 Å². The van der Waals surface area contributed by atoms with Gasteiger partial charge in [0.2, 0.25) is 0 Å². The van der Waals surface area contributed by atoms with Gasteiger partial charge < -0.3 is 0 Å². The fourth-order valence-electron chi connectivity index (χ4n) is 3.11.